The Bertz CT molecular complexity index is 733. The summed E-state index contributed by atoms with van der Waals surface area (Å²) in [6, 6.07) is 12.7. The van der Waals surface area contributed by atoms with Crippen molar-refractivity contribution in [3.05, 3.63) is 54.1 Å². The summed E-state index contributed by atoms with van der Waals surface area (Å²) < 4.78 is 10.8. The van der Waals surface area contributed by atoms with Crippen molar-refractivity contribution >= 4 is 11.9 Å². The molecule has 2 aromatic rings. The van der Waals surface area contributed by atoms with Crippen LogP contribution in [0, 0.1) is 0 Å². The molecule has 0 aliphatic rings. The first-order chi connectivity index (χ1) is 12.0. The lowest BCUT2D eigenvalue weighted by Gasteiger charge is -2.12. The third-order valence-electron chi connectivity index (χ3n) is 3.25. The molecular weight excluding hydrogens is 326 g/mol. The van der Waals surface area contributed by atoms with E-state index in [0.29, 0.717) is 22.1 Å². The van der Waals surface area contributed by atoms with Gasteiger partial charge in [-0.1, -0.05) is 6.07 Å². The van der Waals surface area contributed by atoms with Crippen molar-refractivity contribution in [3.63, 3.8) is 0 Å². The van der Waals surface area contributed by atoms with Crippen LogP contribution in [-0.4, -0.2) is 42.4 Å². The lowest BCUT2D eigenvalue weighted by molar-refractivity contribution is -0.0376. The fraction of sp³-hybridized carbons (Fsp3) is 0.176. The molecule has 8 heteroatoms. The second-order valence-electron chi connectivity index (χ2n) is 5.02. The molecule has 0 bridgehead atoms. The van der Waals surface area contributed by atoms with E-state index >= 15 is 0 Å². The van der Waals surface area contributed by atoms with Crippen LogP contribution in [0.4, 0.5) is 4.79 Å². The number of nitrogens with two attached hydrogens (primary N) is 1. The molecule has 0 unspecified atom stereocenters. The van der Waals surface area contributed by atoms with E-state index < -0.39 is 6.03 Å². The number of carbonyl (C=O) groups excluding carboxylic acids is 2. The summed E-state index contributed by atoms with van der Waals surface area (Å²) in [5, 5.41) is 12.0. The van der Waals surface area contributed by atoms with Crippen molar-refractivity contribution in [1.29, 1.82) is 0 Å². The predicted molar refractivity (Wildman–Crippen MR) is 89.9 cm³/mol. The molecule has 0 heterocycles. The SMILES string of the molecule is COc1ccc(Oc2cccc(C(=O)NCCN(O)C(N)=O)c2)cc1. The van der Waals surface area contributed by atoms with E-state index in [1.54, 1.807) is 55.6 Å². The summed E-state index contributed by atoms with van der Waals surface area (Å²) in [4.78, 5) is 22.7. The van der Waals surface area contributed by atoms with E-state index in [4.69, 9.17) is 20.4 Å². The summed E-state index contributed by atoms with van der Waals surface area (Å²) in [7, 11) is 1.58. The number of urea groups is 1. The van der Waals surface area contributed by atoms with E-state index in [2.05, 4.69) is 5.32 Å². The van der Waals surface area contributed by atoms with Gasteiger partial charge in [-0.15, -0.1) is 0 Å². The summed E-state index contributed by atoms with van der Waals surface area (Å²) in [5.41, 5.74) is 5.26. The van der Waals surface area contributed by atoms with Crippen molar-refractivity contribution in [3.8, 4) is 17.2 Å². The van der Waals surface area contributed by atoms with Crippen molar-refractivity contribution in [2.24, 2.45) is 5.73 Å². The number of benzene rings is 2. The fourth-order valence-corrected chi connectivity index (χ4v) is 1.97. The minimum Gasteiger partial charge on any atom is -0.497 e. The number of hydrogen-bond donors (Lipinski definition) is 3. The van der Waals surface area contributed by atoms with Gasteiger partial charge in [0.1, 0.15) is 17.2 Å². The Morgan fingerprint density at radius 1 is 1.12 bits per heavy atom. The normalized spacial score (nSPS) is 10.0. The highest BCUT2D eigenvalue weighted by molar-refractivity contribution is 5.94. The van der Waals surface area contributed by atoms with Crippen LogP contribution < -0.4 is 20.5 Å². The largest absolute Gasteiger partial charge is 0.497 e. The highest BCUT2D eigenvalue weighted by atomic mass is 16.5. The molecule has 2 aromatic carbocycles. The summed E-state index contributed by atoms with van der Waals surface area (Å²) >= 11 is 0. The van der Waals surface area contributed by atoms with Crippen LogP contribution in [0.2, 0.25) is 0 Å². The molecule has 0 aliphatic carbocycles. The molecule has 0 aromatic heterocycles. The number of primary amides is 1. The Hall–Kier alpha value is -3.26. The average Bonchev–Trinajstić information content (AvgIpc) is 2.62. The number of hydrogen-bond acceptors (Lipinski definition) is 5. The van der Waals surface area contributed by atoms with Crippen LogP contribution in [0.3, 0.4) is 0 Å². The van der Waals surface area contributed by atoms with Gasteiger partial charge in [-0.25, -0.2) is 9.86 Å². The molecule has 0 radical (unpaired) electrons. The van der Waals surface area contributed by atoms with E-state index in [9.17, 15) is 9.59 Å². The number of methoxy groups -OCH3 is 1. The van der Waals surface area contributed by atoms with Crippen molar-refractivity contribution < 1.29 is 24.3 Å². The highest BCUT2D eigenvalue weighted by Crippen LogP contribution is 2.24. The first-order valence-electron chi connectivity index (χ1n) is 7.45. The van der Waals surface area contributed by atoms with E-state index in [1.165, 1.54) is 0 Å². The van der Waals surface area contributed by atoms with Gasteiger partial charge in [0.15, 0.2) is 0 Å². The van der Waals surface area contributed by atoms with Crippen LogP contribution in [0.5, 0.6) is 17.2 Å². The zero-order valence-electron chi connectivity index (χ0n) is 13.6. The van der Waals surface area contributed by atoms with Crippen LogP contribution in [0.1, 0.15) is 10.4 Å². The number of nitrogens with one attached hydrogen (secondary N) is 1. The number of rotatable bonds is 7. The highest BCUT2D eigenvalue weighted by Gasteiger charge is 2.09. The molecule has 0 fully saturated rings. The van der Waals surface area contributed by atoms with E-state index in [0.717, 1.165) is 5.75 Å². The second-order valence-corrected chi connectivity index (χ2v) is 5.02. The topological polar surface area (TPSA) is 114 Å². The molecule has 132 valence electrons. The van der Waals surface area contributed by atoms with E-state index in [1.807, 2.05) is 0 Å². The van der Waals surface area contributed by atoms with Gasteiger partial charge >= 0.3 is 6.03 Å². The third-order valence-corrected chi connectivity index (χ3v) is 3.25. The zero-order chi connectivity index (χ0) is 18.2. The van der Waals surface area contributed by atoms with Crippen molar-refractivity contribution in [1.82, 2.24) is 10.4 Å². The second kappa shape index (κ2) is 8.55. The molecule has 25 heavy (non-hydrogen) atoms. The molecule has 2 rings (SSSR count). The molecule has 0 atom stereocenters. The van der Waals surface area contributed by atoms with Crippen LogP contribution >= 0.6 is 0 Å². The molecule has 3 amide bonds. The van der Waals surface area contributed by atoms with Gasteiger partial charge in [0.05, 0.1) is 13.7 Å². The van der Waals surface area contributed by atoms with E-state index in [-0.39, 0.29) is 19.0 Å². The minimum atomic E-state index is -0.982. The lowest BCUT2D eigenvalue weighted by Crippen LogP contribution is -2.39. The fourth-order valence-electron chi connectivity index (χ4n) is 1.97. The Labute approximate surface area is 144 Å². The summed E-state index contributed by atoms with van der Waals surface area (Å²) in [5.74, 6) is 1.46. The maximum atomic E-state index is 12.1. The number of amides is 3. The molecule has 0 aliphatic heterocycles. The predicted octanol–water partition coefficient (Wildman–Crippen LogP) is 1.99. The quantitative estimate of drug-likeness (QED) is 0.524. The summed E-state index contributed by atoms with van der Waals surface area (Å²) in [6.07, 6.45) is 0. The number of ether oxygens (including phenoxy) is 2. The van der Waals surface area contributed by atoms with Crippen molar-refractivity contribution in [2.75, 3.05) is 20.2 Å². The number of nitrogens with zero attached hydrogens (tertiary/aromatic N) is 1. The maximum Gasteiger partial charge on any atom is 0.338 e. The van der Waals surface area contributed by atoms with Gasteiger partial charge in [0, 0.05) is 12.1 Å². The maximum absolute atomic E-state index is 12.1. The molecule has 4 N–H and O–H groups in total. The van der Waals surface area contributed by atoms with Gasteiger partial charge in [0.2, 0.25) is 0 Å². The molecule has 0 saturated heterocycles. The lowest BCUT2D eigenvalue weighted by atomic mass is 10.2. The van der Waals surface area contributed by atoms with Gasteiger partial charge < -0.3 is 20.5 Å². The van der Waals surface area contributed by atoms with Crippen LogP contribution in [-0.2, 0) is 0 Å². The monoisotopic (exact) mass is 345 g/mol. The smallest absolute Gasteiger partial charge is 0.338 e. The van der Waals surface area contributed by atoms with Gasteiger partial charge in [-0.2, -0.15) is 0 Å². The van der Waals surface area contributed by atoms with Crippen LogP contribution in [0.25, 0.3) is 0 Å². The molecule has 0 spiro atoms. The van der Waals surface area contributed by atoms with Crippen LogP contribution in [0.15, 0.2) is 48.5 Å². The standard InChI is InChI=1S/C17H19N3O5/c1-24-13-5-7-14(8-6-13)25-15-4-2-3-12(11-15)16(21)19-9-10-20(23)17(18)22/h2-8,11,23H,9-10H2,1H3,(H2,18,22)(H,19,21). The average molecular weight is 345 g/mol. The zero-order valence-corrected chi connectivity index (χ0v) is 13.6. The molecule has 8 nitrogen and oxygen atoms in total. The Kier molecular flexibility index (Phi) is 6.19. The molecule has 0 saturated carbocycles. The first kappa shape index (κ1) is 18.1. The van der Waals surface area contributed by atoms with Gasteiger partial charge in [-0.3, -0.25) is 10.0 Å². The Morgan fingerprint density at radius 3 is 2.44 bits per heavy atom. The Balaban J connectivity index is 1.95. The number of carbonyl (C=O) groups is 2. The third kappa shape index (κ3) is 5.40. The van der Waals surface area contributed by atoms with Crippen molar-refractivity contribution in [2.45, 2.75) is 0 Å². The van der Waals surface area contributed by atoms with Gasteiger partial charge in [-0.05, 0) is 42.5 Å². The first-order valence-corrected chi connectivity index (χ1v) is 7.45. The summed E-state index contributed by atoms with van der Waals surface area (Å²) in [6.45, 7) is -0.0506. The van der Waals surface area contributed by atoms with Gasteiger partial charge in [0.25, 0.3) is 5.91 Å². The number of hydroxylamine groups is 2. The molecular formula is C17H19N3O5. The minimum absolute atomic E-state index is 0.0574. The Morgan fingerprint density at radius 2 is 1.80 bits per heavy atom.